The van der Waals surface area contributed by atoms with Gasteiger partial charge >= 0.3 is 5.97 Å². The van der Waals surface area contributed by atoms with Crippen LogP contribution < -0.4 is 5.32 Å². The number of hydrogen-bond acceptors (Lipinski definition) is 2. The topological polar surface area (TPSA) is 49.3 Å². The summed E-state index contributed by atoms with van der Waals surface area (Å²) in [6.45, 7) is 4.93. The lowest BCUT2D eigenvalue weighted by Crippen LogP contribution is -2.31. The molecule has 0 aliphatic carbocycles. The first-order chi connectivity index (χ1) is 7.65. The van der Waals surface area contributed by atoms with Crippen LogP contribution in [0.3, 0.4) is 0 Å². The molecule has 0 aliphatic rings. The van der Waals surface area contributed by atoms with Crippen LogP contribution in [-0.4, -0.2) is 17.6 Å². The maximum absolute atomic E-state index is 11.1. The highest BCUT2D eigenvalue weighted by atomic mass is 16.4. The van der Waals surface area contributed by atoms with Crippen molar-refractivity contribution in [3.63, 3.8) is 0 Å². The summed E-state index contributed by atoms with van der Waals surface area (Å²) in [7, 11) is 0. The summed E-state index contributed by atoms with van der Waals surface area (Å²) in [5.41, 5.74) is 0.804. The first kappa shape index (κ1) is 12.7. The molecule has 0 aliphatic heterocycles. The number of aliphatic carboxylic acids is 1. The van der Waals surface area contributed by atoms with E-state index in [4.69, 9.17) is 5.11 Å². The van der Waals surface area contributed by atoms with Crippen LogP contribution in [0.2, 0.25) is 0 Å². The van der Waals surface area contributed by atoms with Gasteiger partial charge in [-0.05, 0) is 18.0 Å². The number of carbonyl (C=O) groups is 1. The van der Waals surface area contributed by atoms with E-state index in [0.29, 0.717) is 5.92 Å². The molecule has 0 bridgehead atoms. The summed E-state index contributed by atoms with van der Waals surface area (Å²) in [4.78, 5) is 11.1. The van der Waals surface area contributed by atoms with Crippen LogP contribution in [-0.2, 0) is 4.79 Å². The number of carboxylic acid groups (broad SMARTS) is 1. The average molecular weight is 221 g/mol. The standard InChI is InChI=1S/C13H19NO2/c1-3-10(2)9-14-12(13(15)16)11-7-5-4-6-8-11/h4-8,10,12,14H,3,9H2,1-2H3,(H,15,16). The highest BCUT2D eigenvalue weighted by Gasteiger charge is 2.18. The van der Waals surface area contributed by atoms with Crippen molar-refractivity contribution in [1.82, 2.24) is 5.32 Å². The van der Waals surface area contributed by atoms with Gasteiger partial charge in [0.25, 0.3) is 0 Å². The lowest BCUT2D eigenvalue weighted by Gasteiger charge is -2.17. The van der Waals surface area contributed by atoms with Gasteiger partial charge in [0.1, 0.15) is 6.04 Å². The Morgan fingerprint density at radius 2 is 2.00 bits per heavy atom. The van der Waals surface area contributed by atoms with Gasteiger partial charge in [-0.2, -0.15) is 0 Å². The second-order valence-corrected chi connectivity index (χ2v) is 4.10. The Balaban J connectivity index is 2.66. The molecule has 88 valence electrons. The fourth-order valence-corrected chi connectivity index (χ4v) is 1.46. The molecular weight excluding hydrogens is 202 g/mol. The number of hydrogen-bond donors (Lipinski definition) is 2. The highest BCUT2D eigenvalue weighted by molar-refractivity contribution is 5.75. The Morgan fingerprint density at radius 1 is 1.38 bits per heavy atom. The molecule has 1 rings (SSSR count). The van der Waals surface area contributed by atoms with Crippen molar-refractivity contribution in [2.45, 2.75) is 26.3 Å². The molecule has 16 heavy (non-hydrogen) atoms. The summed E-state index contributed by atoms with van der Waals surface area (Å²) < 4.78 is 0. The molecule has 3 heteroatoms. The van der Waals surface area contributed by atoms with Crippen LogP contribution in [0.15, 0.2) is 30.3 Å². The Bertz CT molecular complexity index is 324. The lowest BCUT2D eigenvalue weighted by molar-refractivity contribution is -0.139. The van der Waals surface area contributed by atoms with Crippen LogP contribution in [0, 0.1) is 5.92 Å². The molecule has 2 N–H and O–H groups in total. The molecule has 2 unspecified atom stereocenters. The number of rotatable bonds is 6. The maximum atomic E-state index is 11.1. The molecule has 0 fully saturated rings. The summed E-state index contributed by atoms with van der Waals surface area (Å²) >= 11 is 0. The molecule has 0 radical (unpaired) electrons. The molecule has 0 saturated carbocycles. The quantitative estimate of drug-likeness (QED) is 0.775. The van der Waals surface area contributed by atoms with Gasteiger partial charge in [0.2, 0.25) is 0 Å². The summed E-state index contributed by atoms with van der Waals surface area (Å²) in [6, 6.07) is 8.67. The number of nitrogens with one attached hydrogen (secondary N) is 1. The second kappa shape index (κ2) is 6.28. The van der Waals surface area contributed by atoms with E-state index >= 15 is 0 Å². The van der Waals surface area contributed by atoms with Crippen molar-refractivity contribution in [2.24, 2.45) is 5.92 Å². The third kappa shape index (κ3) is 3.66. The van der Waals surface area contributed by atoms with Crippen molar-refractivity contribution in [3.05, 3.63) is 35.9 Å². The highest BCUT2D eigenvalue weighted by Crippen LogP contribution is 2.13. The third-order valence-corrected chi connectivity index (χ3v) is 2.75. The molecule has 0 saturated heterocycles. The van der Waals surface area contributed by atoms with E-state index in [-0.39, 0.29) is 0 Å². The molecular formula is C13H19NO2. The van der Waals surface area contributed by atoms with Gasteiger partial charge in [0.15, 0.2) is 0 Å². The first-order valence-electron chi connectivity index (χ1n) is 5.66. The zero-order valence-electron chi connectivity index (χ0n) is 9.81. The van der Waals surface area contributed by atoms with Crippen molar-refractivity contribution < 1.29 is 9.90 Å². The SMILES string of the molecule is CCC(C)CNC(C(=O)O)c1ccccc1. The first-order valence-corrected chi connectivity index (χ1v) is 5.66. The molecule has 0 heterocycles. The maximum Gasteiger partial charge on any atom is 0.325 e. The van der Waals surface area contributed by atoms with Crippen LogP contribution in [0.1, 0.15) is 31.9 Å². The third-order valence-electron chi connectivity index (χ3n) is 2.75. The van der Waals surface area contributed by atoms with E-state index in [1.54, 1.807) is 0 Å². The average Bonchev–Trinajstić information content (AvgIpc) is 2.30. The van der Waals surface area contributed by atoms with E-state index < -0.39 is 12.0 Å². The Hall–Kier alpha value is -1.35. The van der Waals surface area contributed by atoms with Gasteiger partial charge in [-0.25, -0.2) is 0 Å². The number of benzene rings is 1. The van der Waals surface area contributed by atoms with E-state index in [1.165, 1.54) is 0 Å². The smallest absolute Gasteiger partial charge is 0.325 e. The van der Waals surface area contributed by atoms with Gasteiger partial charge in [-0.15, -0.1) is 0 Å². The van der Waals surface area contributed by atoms with Gasteiger partial charge < -0.3 is 10.4 Å². The van der Waals surface area contributed by atoms with Crippen molar-refractivity contribution >= 4 is 5.97 Å². The molecule has 0 amide bonds. The Kier molecular flexibility index (Phi) is 4.99. The normalized spacial score (nSPS) is 14.4. The molecule has 2 atom stereocenters. The lowest BCUT2D eigenvalue weighted by atomic mass is 10.1. The largest absolute Gasteiger partial charge is 0.480 e. The summed E-state index contributed by atoms with van der Waals surface area (Å²) in [5, 5.41) is 12.2. The van der Waals surface area contributed by atoms with Crippen LogP contribution in [0.5, 0.6) is 0 Å². The molecule has 3 nitrogen and oxygen atoms in total. The van der Waals surface area contributed by atoms with E-state index in [9.17, 15) is 4.79 Å². The number of carboxylic acids is 1. The minimum atomic E-state index is -0.825. The zero-order chi connectivity index (χ0) is 12.0. The van der Waals surface area contributed by atoms with Crippen molar-refractivity contribution in [3.8, 4) is 0 Å². The molecule has 0 spiro atoms. The zero-order valence-corrected chi connectivity index (χ0v) is 9.81. The van der Waals surface area contributed by atoms with Crippen LogP contribution in [0.25, 0.3) is 0 Å². The van der Waals surface area contributed by atoms with Crippen molar-refractivity contribution in [1.29, 1.82) is 0 Å². The van der Waals surface area contributed by atoms with Gasteiger partial charge in [-0.1, -0.05) is 50.6 Å². The minimum Gasteiger partial charge on any atom is -0.480 e. The summed E-state index contributed by atoms with van der Waals surface area (Å²) in [5.74, 6) is -0.333. The van der Waals surface area contributed by atoms with Crippen LogP contribution in [0.4, 0.5) is 0 Å². The van der Waals surface area contributed by atoms with Gasteiger partial charge in [0, 0.05) is 0 Å². The van der Waals surface area contributed by atoms with Gasteiger partial charge in [-0.3, -0.25) is 4.79 Å². The Morgan fingerprint density at radius 3 is 2.50 bits per heavy atom. The minimum absolute atomic E-state index is 0.491. The fourth-order valence-electron chi connectivity index (χ4n) is 1.46. The fraction of sp³-hybridized carbons (Fsp3) is 0.462. The molecule has 1 aromatic carbocycles. The predicted molar refractivity (Wildman–Crippen MR) is 64.3 cm³/mol. The van der Waals surface area contributed by atoms with Crippen LogP contribution >= 0.6 is 0 Å². The second-order valence-electron chi connectivity index (χ2n) is 4.10. The van der Waals surface area contributed by atoms with Gasteiger partial charge in [0.05, 0.1) is 0 Å². The Labute approximate surface area is 96.5 Å². The van der Waals surface area contributed by atoms with E-state index in [2.05, 4.69) is 19.2 Å². The molecule has 0 aromatic heterocycles. The van der Waals surface area contributed by atoms with E-state index in [1.807, 2.05) is 30.3 Å². The monoisotopic (exact) mass is 221 g/mol. The van der Waals surface area contributed by atoms with E-state index in [0.717, 1.165) is 18.5 Å². The van der Waals surface area contributed by atoms with Crippen molar-refractivity contribution in [2.75, 3.05) is 6.54 Å². The summed E-state index contributed by atoms with van der Waals surface area (Å²) in [6.07, 6.45) is 1.05. The molecule has 1 aromatic rings. The predicted octanol–water partition coefficient (Wildman–Crippen LogP) is 2.45.